The van der Waals surface area contributed by atoms with Gasteiger partial charge in [-0.05, 0) is 69.1 Å². The lowest BCUT2D eigenvalue weighted by molar-refractivity contribution is 0.102. The van der Waals surface area contributed by atoms with Crippen molar-refractivity contribution in [3.05, 3.63) is 84.2 Å². The molecule has 4 aromatic rings. The van der Waals surface area contributed by atoms with Crippen molar-refractivity contribution in [1.82, 2.24) is 29.0 Å². The number of nitrogens with two attached hydrogens (primary N) is 1. The van der Waals surface area contributed by atoms with E-state index in [1.54, 1.807) is 24.9 Å². The van der Waals surface area contributed by atoms with Crippen LogP contribution in [-0.2, 0) is 6.54 Å². The molecule has 1 aliphatic rings. The van der Waals surface area contributed by atoms with E-state index in [1.165, 1.54) is 0 Å². The molecule has 9 heteroatoms. The number of aromatic nitrogens is 5. The first kappa shape index (κ1) is 22.9. The number of carbonyl (C=O) groups excluding carboxylic acids is 1. The smallest absolute Gasteiger partial charge is 0.274 e. The third-order valence-electron chi connectivity index (χ3n) is 6.18. The topological polar surface area (TPSA) is 107 Å². The third-order valence-corrected chi connectivity index (χ3v) is 6.18. The molecule has 0 radical (unpaired) electrons. The fourth-order valence-electron chi connectivity index (χ4n) is 4.50. The molecule has 3 N–H and O–H groups in total. The van der Waals surface area contributed by atoms with E-state index in [1.807, 2.05) is 53.6 Å². The number of piperidine rings is 1. The molecule has 0 saturated carbocycles. The molecule has 1 saturated heterocycles. The molecule has 0 unspecified atom stereocenters. The summed E-state index contributed by atoms with van der Waals surface area (Å²) in [5.41, 5.74) is 11.9. The number of imidazole rings is 2. The lowest BCUT2D eigenvalue weighted by Crippen LogP contribution is -2.42. The highest BCUT2D eigenvalue weighted by atomic mass is 16.1. The van der Waals surface area contributed by atoms with Gasteiger partial charge in [0.15, 0.2) is 0 Å². The van der Waals surface area contributed by atoms with E-state index in [0.29, 0.717) is 11.4 Å². The van der Waals surface area contributed by atoms with Crippen LogP contribution in [0.1, 0.15) is 40.3 Å². The minimum atomic E-state index is -0.270. The number of carbonyl (C=O) groups is 1. The van der Waals surface area contributed by atoms with E-state index in [2.05, 4.69) is 31.2 Å². The number of rotatable bonds is 6. The Morgan fingerprint density at radius 1 is 1.03 bits per heavy atom. The monoisotopic (exact) mass is 470 g/mol. The van der Waals surface area contributed by atoms with Crippen LogP contribution in [0.4, 0.5) is 5.69 Å². The molecule has 9 nitrogen and oxygen atoms in total. The Labute approximate surface area is 204 Å². The quantitative estimate of drug-likeness (QED) is 0.448. The summed E-state index contributed by atoms with van der Waals surface area (Å²) in [6, 6.07) is 9.93. The average molecular weight is 471 g/mol. The first-order chi connectivity index (χ1) is 16.9. The fourth-order valence-corrected chi connectivity index (χ4v) is 4.50. The van der Waals surface area contributed by atoms with Crippen LogP contribution in [0.25, 0.3) is 11.4 Å². The molecule has 1 fully saturated rings. The van der Waals surface area contributed by atoms with E-state index in [0.717, 1.165) is 60.8 Å². The van der Waals surface area contributed by atoms with Crippen LogP contribution in [0, 0.1) is 13.8 Å². The number of benzene rings is 1. The maximum Gasteiger partial charge on any atom is 0.274 e. The zero-order chi connectivity index (χ0) is 24.4. The highest BCUT2D eigenvalue weighted by molar-refractivity contribution is 6.03. The van der Waals surface area contributed by atoms with E-state index in [4.69, 9.17) is 5.73 Å². The van der Waals surface area contributed by atoms with Gasteiger partial charge in [-0.25, -0.2) is 9.97 Å². The summed E-state index contributed by atoms with van der Waals surface area (Å²) >= 11 is 0. The van der Waals surface area contributed by atoms with Crippen LogP contribution >= 0.6 is 0 Å². The maximum atomic E-state index is 13.2. The second-order valence-corrected chi connectivity index (χ2v) is 9.22. The van der Waals surface area contributed by atoms with Crippen LogP contribution in [0.3, 0.4) is 0 Å². The molecule has 1 amide bonds. The lowest BCUT2D eigenvalue weighted by Gasteiger charge is -2.30. The van der Waals surface area contributed by atoms with E-state index >= 15 is 0 Å². The molecule has 4 heterocycles. The number of anilines is 1. The van der Waals surface area contributed by atoms with Crippen molar-refractivity contribution in [3.8, 4) is 11.4 Å². The Balaban J connectivity index is 1.41. The minimum absolute atomic E-state index is 0.208. The van der Waals surface area contributed by atoms with Gasteiger partial charge in [-0.3, -0.25) is 14.7 Å². The van der Waals surface area contributed by atoms with Gasteiger partial charge in [-0.1, -0.05) is 0 Å². The standard InChI is InChI=1S/C26H30N8O/c1-18-12-33(16-29-18)23-5-6-28-25(11-23)26(35)31-22-8-20(14-32-7-3-4-21(27)15-32)9-24(10-22)34-13-19(2)30-17-34/h5-6,8-13,16-17,21H,3-4,7,14-15,27H2,1-2H3,(H,31,35)/t21-/m0/s1. The Hall–Kier alpha value is -3.82. The van der Waals surface area contributed by atoms with Crippen LogP contribution in [0.15, 0.2) is 61.6 Å². The molecule has 180 valence electrons. The fraction of sp³-hybridized carbons (Fsp3) is 0.308. The van der Waals surface area contributed by atoms with Crippen molar-refractivity contribution >= 4 is 11.6 Å². The van der Waals surface area contributed by atoms with Gasteiger partial charge in [0.25, 0.3) is 5.91 Å². The number of pyridine rings is 1. The summed E-state index contributed by atoms with van der Waals surface area (Å²) in [4.78, 5) is 28.4. The zero-order valence-corrected chi connectivity index (χ0v) is 20.1. The predicted molar refractivity (Wildman–Crippen MR) is 135 cm³/mol. The van der Waals surface area contributed by atoms with Gasteiger partial charge in [0, 0.05) is 49.1 Å². The van der Waals surface area contributed by atoms with E-state index in [-0.39, 0.29) is 11.9 Å². The first-order valence-corrected chi connectivity index (χ1v) is 11.8. The van der Waals surface area contributed by atoms with Gasteiger partial charge in [-0.2, -0.15) is 0 Å². The third kappa shape index (κ3) is 5.47. The number of amides is 1. The van der Waals surface area contributed by atoms with Crippen molar-refractivity contribution in [3.63, 3.8) is 0 Å². The predicted octanol–water partition coefficient (Wildman–Crippen LogP) is 3.25. The van der Waals surface area contributed by atoms with Crippen molar-refractivity contribution in [2.45, 2.75) is 39.3 Å². The molecule has 1 aromatic carbocycles. The van der Waals surface area contributed by atoms with Crippen LogP contribution in [-0.4, -0.2) is 54.0 Å². The van der Waals surface area contributed by atoms with Gasteiger partial charge in [0.2, 0.25) is 0 Å². The largest absolute Gasteiger partial charge is 0.327 e. The lowest BCUT2D eigenvalue weighted by atomic mass is 10.1. The number of nitrogens with zero attached hydrogens (tertiary/aromatic N) is 6. The molecular weight excluding hydrogens is 440 g/mol. The molecule has 1 aliphatic heterocycles. The normalized spacial score (nSPS) is 16.4. The second-order valence-electron chi connectivity index (χ2n) is 9.22. The molecule has 35 heavy (non-hydrogen) atoms. The van der Waals surface area contributed by atoms with Gasteiger partial charge in [0.1, 0.15) is 5.69 Å². The van der Waals surface area contributed by atoms with Crippen LogP contribution < -0.4 is 11.1 Å². The molecule has 0 bridgehead atoms. The van der Waals surface area contributed by atoms with Crippen molar-refractivity contribution in [1.29, 1.82) is 0 Å². The van der Waals surface area contributed by atoms with Gasteiger partial charge < -0.3 is 20.2 Å². The second kappa shape index (κ2) is 9.81. The van der Waals surface area contributed by atoms with Crippen LogP contribution in [0.2, 0.25) is 0 Å². The summed E-state index contributed by atoms with van der Waals surface area (Å²) < 4.78 is 3.84. The zero-order valence-electron chi connectivity index (χ0n) is 20.1. The highest BCUT2D eigenvalue weighted by Gasteiger charge is 2.18. The molecular formula is C26H30N8O. The van der Waals surface area contributed by atoms with Crippen molar-refractivity contribution < 1.29 is 4.79 Å². The Morgan fingerprint density at radius 2 is 1.77 bits per heavy atom. The number of aryl methyl sites for hydroxylation is 2. The summed E-state index contributed by atoms with van der Waals surface area (Å²) in [7, 11) is 0. The summed E-state index contributed by atoms with van der Waals surface area (Å²) in [5, 5.41) is 3.04. The highest BCUT2D eigenvalue weighted by Crippen LogP contribution is 2.22. The molecule has 1 atom stereocenters. The summed E-state index contributed by atoms with van der Waals surface area (Å²) in [6.07, 6.45) is 11.2. The average Bonchev–Trinajstić information content (AvgIpc) is 3.47. The summed E-state index contributed by atoms with van der Waals surface area (Å²) in [5.74, 6) is -0.270. The molecule has 5 rings (SSSR count). The molecule has 0 aliphatic carbocycles. The number of nitrogens with one attached hydrogen (secondary N) is 1. The van der Waals surface area contributed by atoms with Gasteiger partial charge >= 0.3 is 0 Å². The Bertz CT molecular complexity index is 1340. The minimum Gasteiger partial charge on any atom is -0.327 e. The summed E-state index contributed by atoms with van der Waals surface area (Å²) in [6.45, 7) is 6.55. The first-order valence-electron chi connectivity index (χ1n) is 11.8. The molecule has 3 aromatic heterocycles. The van der Waals surface area contributed by atoms with Crippen molar-refractivity contribution in [2.24, 2.45) is 5.73 Å². The number of hydrogen-bond acceptors (Lipinski definition) is 6. The molecule has 0 spiro atoms. The van der Waals surface area contributed by atoms with Gasteiger partial charge in [0.05, 0.1) is 29.7 Å². The number of hydrogen-bond donors (Lipinski definition) is 2. The van der Waals surface area contributed by atoms with E-state index in [9.17, 15) is 4.79 Å². The Kier molecular flexibility index (Phi) is 6.43. The SMILES string of the molecule is Cc1cn(-c2cc(CN3CCC[C@H](N)C3)cc(NC(=O)c3cc(-n4cnc(C)c4)ccn3)c2)cn1. The number of likely N-dealkylation sites (tertiary alicyclic amines) is 1. The van der Waals surface area contributed by atoms with Crippen LogP contribution in [0.5, 0.6) is 0 Å². The maximum absolute atomic E-state index is 13.2. The van der Waals surface area contributed by atoms with Gasteiger partial charge in [-0.15, -0.1) is 0 Å². The van der Waals surface area contributed by atoms with E-state index < -0.39 is 0 Å². The van der Waals surface area contributed by atoms with Crippen molar-refractivity contribution in [2.75, 3.05) is 18.4 Å². The Morgan fingerprint density at radius 3 is 2.46 bits per heavy atom.